The summed E-state index contributed by atoms with van der Waals surface area (Å²) in [5.41, 5.74) is 1.73. The highest BCUT2D eigenvalue weighted by atomic mass is 19.1. The molecule has 0 heterocycles. The zero-order valence-electron chi connectivity index (χ0n) is 8.50. The van der Waals surface area contributed by atoms with Crippen molar-refractivity contribution in [2.75, 3.05) is 0 Å². The van der Waals surface area contributed by atoms with Crippen LogP contribution < -0.4 is 0 Å². The molecular weight excluding hydrogens is 191 g/mol. The average Bonchev–Trinajstić information content (AvgIpc) is 2.54. The van der Waals surface area contributed by atoms with E-state index in [1.165, 1.54) is 12.5 Å². The third-order valence-corrected chi connectivity index (χ3v) is 3.78. The Morgan fingerprint density at radius 1 is 1.13 bits per heavy atom. The molecule has 0 radical (unpaired) electrons. The Morgan fingerprint density at radius 3 is 2.67 bits per heavy atom. The van der Waals surface area contributed by atoms with Crippen molar-refractivity contribution < 1.29 is 9.18 Å². The summed E-state index contributed by atoms with van der Waals surface area (Å²) in [6.07, 6.45) is 4.35. The van der Waals surface area contributed by atoms with E-state index in [4.69, 9.17) is 0 Å². The van der Waals surface area contributed by atoms with E-state index >= 15 is 0 Å². The summed E-state index contributed by atoms with van der Waals surface area (Å²) < 4.78 is 13.1. The molecule has 2 heteroatoms. The van der Waals surface area contributed by atoms with Gasteiger partial charge in [0.1, 0.15) is 5.82 Å². The van der Waals surface area contributed by atoms with Gasteiger partial charge in [0.05, 0.1) is 0 Å². The molecule has 1 aromatic rings. The molecule has 0 bridgehead atoms. The van der Waals surface area contributed by atoms with Crippen molar-refractivity contribution in [3.63, 3.8) is 0 Å². The van der Waals surface area contributed by atoms with E-state index in [0.717, 1.165) is 30.4 Å². The number of ketones is 1. The van der Waals surface area contributed by atoms with Gasteiger partial charge in [-0.25, -0.2) is 4.39 Å². The maximum Gasteiger partial charge on any atom is 0.166 e. The largest absolute Gasteiger partial charge is 0.294 e. The minimum atomic E-state index is -0.215. The highest BCUT2D eigenvalue weighted by Crippen LogP contribution is 2.46. The lowest BCUT2D eigenvalue weighted by Crippen LogP contribution is -2.17. The second-order valence-electron chi connectivity index (χ2n) is 4.59. The highest BCUT2D eigenvalue weighted by Gasteiger charge is 2.40. The Labute approximate surface area is 88.3 Å². The van der Waals surface area contributed by atoms with E-state index in [0.29, 0.717) is 5.92 Å². The lowest BCUT2D eigenvalue weighted by Gasteiger charge is -2.24. The van der Waals surface area contributed by atoms with Crippen LogP contribution in [0.4, 0.5) is 4.39 Å². The fourth-order valence-corrected chi connectivity index (χ4v) is 3.08. The van der Waals surface area contributed by atoms with Gasteiger partial charge >= 0.3 is 0 Å². The smallest absolute Gasteiger partial charge is 0.166 e. The molecule has 3 rings (SSSR count). The molecule has 2 aliphatic rings. The first-order chi connectivity index (χ1) is 7.27. The number of fused-ring (bicyclic) bond motifs is 3. The van der Waals surface area contributed by atoms with Crippen LogP contribution >= 0.6 is 0 Å². The van der Waals surface area contributed by atoms with Gasteiger partial charge in [0.25, 0.3) is 0 Å². The third kappa shape index (κ3) is 1.24. The topological polar surface area (TPSA) is 17.1 Å². The van der Waals surface area contributed by atoms with E-state index in [1.54, 1.807) is 12.1 Å². The van der Waals surface area contributed by atoms with Gasteiger partial charge < -0.3 is 0 Å². The fourth-order valence-electron chi connectivity index (χ4n) is 3.08. The highest BCUT2D eigenvalue weighted by molar-refractivity contribution is 6.03. The molecule has 0 spiro atoms. The number of halogens is 1. The van der Waals surface area contributed by atoms with E-state index in [2.05, 4.69) is 0 Å². The second kappa shape index (κ2) is 3.16. The predicted molar refractivity (Wildman–Crippen MR) is 55.4 cm³/mol. The first kappa shape index (κ1) is 9.08. The van der Waals surface area contributed by atoms with E-state index in [9.17, 15) is 9.18 Å². The van der Waals surface area contributed by atoms with Crippen molar-refractivity contribution in [1.29, 1.82) is 0 Å². The van der Waals surface area contributed by atoms with Gasteiger partial charge in [-0.3, -0.25) is 4.79 Å². The van der Waals surface area contributed by atoms with Gasteiger partial charge in [0.2, 0.25) is 0 Å². The van der Waals surface area contributed by atoms with Crippen LogP contribution in [0.5, 0.6) is 0 Å². The predicted octanol–water partition coefficient (Wildman–Crippen LogP) is 3.30. The molecule has 0 aliphatic heterocycles. The van der Waals surface area contributed by atoms with Gasteiger partial charge in [-0.05, 0) is 42.5 Å². The maximum absolute atomic E-state index is 13.1. The van der Waals surface area contributed by atoms with Gasteiger partial charge in [-0.15, -0.1) is 0 Å². The van der Waals surface area contributed by atoms with Gasteiger partial charge in [0.15, 0.2) is 5.78 Å². The molecule has 15 heavy (non-hydrogen) atoms. The minimum Gasteiger partial charge on any atom is -0.294 e. The molecule has 2 aliphatic carbocycles. The summed E-state index contributed by atoms with van der Waals surface area (Å²) in [6.45, 7) is 0. The number of Topliss-reactive ketones (excluding diaryl/α,β-unsaturated/α-hetero) is 1. The van der Waals surface area contributed by atoms with Crippen LogP contribution in [0.2, 0.25) is 0 Å². The Hall–Kier alpha value is -1.18. The molecule has 1 saturated carbocycles. The molecule has 0 N–H and O–H groups in total. The third-order valence-electron chi connectivity index (χ3n) is 3.78. The van der Waals surface area contributed by atoms with E-state index in [-0.39, 0.29) is 17.5 Å². The summed E-state index contributed by atoms with van der Waals surface area (Å²) in [4.78, 5) is 12.0. The maximum atomic E-state index is 13.1. The monoisotopic (exact) mass is 204 g/mol. The molecule has 1 nitrogen and oxygen atoms in total. The van der Waals surface area contributed by atoms with Crippen molar-refractivity contribution >= 4 is 5.78 Å². The number of rotatable bonds is 0. The fraction of sp³-hybridized carbons (Fsp3) is 0.462. The van der Waals surface area contributed by atoms with Crippen LogP contribution in [0.3, 0.4) is 0 Å². The van der Waals surface area contributed by atoms with Crippen molar-refractivity contribution in [3.8, 4) is 0 Å². The van der Waals surface area contributed by atoms with Crippen molar-refractivity contribution in [3.05, 3.63) is 35.1 Å². The van der Waals surface area contributed by atoms with Crippen molar-refractivity contribution in [2.45, 2.75) is 31.6 Å². The Morgan fingerprint density at radius 2 is 1.87 bits per heavy atom. The van der Waals surface area contributed by atoms with Gasteiger partial charge in [-0.2, -0.15) is 0 Å². The molecule has 1 fully saturated rings. The van der Waals surface area contributed by atoms with Crippen LogP contribution in [0.1, 0.15) is 47.5 Å². The molecule has 0 saturated heterocycles. The Balaban J connectivity index is 2.12. The number of hydrogen-bond acceptors (Lipinski definition) is 1. The molecular formula is C13H13FO. The van der Waals surface area contributed by atoms with E-state index < -0.39 is 0 Å². The summed E-state index contributed by atoms with van der Waals surface area (Å²) in [5, 5.41) is 0. The van der Waals surface area contributed by atoms with Crippen LogP contribution in [-0.4, -0.2) is 5.78 Å². The molecule has 0 amide bonds. The zero-order chi connectivity index (χ0) is 10.4. The second-order valence-corrected chi connectivity index (χ2v) is 4.59. The Bertz CT molecular complexity index is 425. The number of hydrogen-bond donors (Lipinski definition) is 0. The molecule has 0 aromatic heterocycles. The molecule has 2 atom stereocenters. The summed E-state index contributed by atoms with van der Waals surface area (Å²) in [7, 11) is 0. The summed E-state index contributed by atoms with van der Waals surface area (Å²) in [5.74, 6) is 0.481. The van der Waals surface area contributed by atoms with Crippen LogP contribution in [0.15, 0.2) is 18.2 Å². The van der Waals surface area contributed by atoms with Crippen LogP contribution in [0.25, 0.3) is 0 Å². The average molecular weight is 204 g/mol. The van der Waals surface area contributed by atoms with Gasteiger partial charge in [0, 0.05) is 11.5 Å². The van der Waals surface area contributed by atoms with Gasteiger partial charge in [-0.1, -0.05) is 12.8 Å². The van der Waals surface area contributed by atoms with Crippen molar-refractivity contribution in [1.82, 2.24) is 0 Å². The lowest BCUT2D eigenvalue weighted by molar-refractivity contribution is 0.0898. The zero-order valence-corrected chi connectivity index (χ0v) is 8.50. The minimum absolute atomic E-state index is 0.149. The van der Waals surface area contributed by atoms with Crippen LogP contribution in [0, 0.1) is 11.7 Å². The first-order valence-corrected chi connectivity index (χ1v) is 5.61. The molecule has 1 aromatic carbocycles. The quantitative estimate of drug-likeness (QED) is 0.633. The number of benzene rings is 1. The SMILES string of the molecule is O=C1c2ccc(F)cc2C2CCCCC12. The summed E-state index contributed by atoms with van der Waals surface area (Å²) >= 11 is 0. The normalized spacial score (nSPS) is 28.7. The summed E-state index contributed by atoms with van der Waals surface area (Å²) in [6, 6.07) is 4.61. The van der Waals surface area contributed by atoms with Crippen LogP contribution in [-0.2, 0) is 0 Å². The molecule has 2 unspecified atom stereocenters. The Kier molecular flexibility index (Phi) is 1.91. The standard InChI is InChI=1S/C13H13FO/c14-8-5-6-11-12(7-8)9-3-1-2-4-10(9)13(11)15/h5-7,9-10H,1-4H2. The van der Waals surface area contributed by atoms with E-state index in [1.807, 2.05) is 0 Å². The number of carbonyl (C=O) groups is 1. The number of carbonyl (C=O) groups excluding carboxylic acids is 1. The molecule has 78 valence electrons. The van der Waals surface area contributed by atoms with Crippen molar-refractivity contribution in [2.24, 2.45) is 5.92 Å². The lowest BCUT2D eigenvalue weighted by atomic mass is 9.79. The first-order valence-electron chi connectivity index (χ1n) is 5.61.